The predicted octanol–water partition coefficient (Wildman–Crippen LogP) is 1.60. The molecule has 2 rings (SSSR count). The first-order valence-corrected chi connectivity index (χ1v) is 5.20. The van der Waals surface area contributed by atoms with Crippen LogP contribution in [-0.2, 0) is 14.3 Å². The molecule has 17 heavy (non-hydrogen) atoms. The van der Waals surface area contributed by atoms with Crippen molar-refractivity contribution in [3.8, 4) is 0 Å². The highest BCUT2D eigenvalue weighted by Gasteiger charge is 2.47. The number of benzene rings is 1. The molecule has 1 saturated heterocycles. The molecule has 0 N–H and O–H groups in total. The number of carbonyl (C=O) groups is 1. The quantitative estimate of drug-likeness (QED) is 0.344. The summed E-state index contributed by atoms with van der Waals surface area (Å²) in [4.78, 5) is 21.3. The van der Waals surface area contributed by atoms with Crippen LogP contribution in [-0.4, -0.2) is 23.6 Å². The summed E-state index contributed by atoms with van der Waals surface area (Å²) in [6.07, 6.45) is -0.911. The molecule has 1 aromatic rings. The van der Waals surface area contributed by atoms with Crippen LogP contribution < -0.4 is 0 Å². The highest BCUT2D eigenvalue weighted by Crippen LogP contribution is 2.39. The number of esters is 1. The number of nitrogens with zero attached hydrogens (tertiary/aromatic N) is 1. The van der Waals surface area contributed by atoms with Crippen molar-refractivity contribution >= 4 is 11.7 Å². The molecule has 2 atom stereocenters. The highest BCUT2D eigenvalue weighted by molar-refractivity contribution is 5.78. The van der Waals surface area contributed by atoms with E-state index in [0.29, 0.717) is 6.61 Å². The zero-order chi connectivity index (χ0) is 12.4. The van der Waals surface area contributed by atoms with E-state index in [-0.39, 0.29) is 11.8 Å². The van der Waals surface area contributed by atoms with E-state index in [1.54, 1.807) is 19.1 Å². The standard InChI is InChI=1S/C11H11NO5/c1-2-16-11(13)10-9(17-10)7-3-5-8(6-4-7)12(14)15/h3-6,9-10H,2H2,1H3/t9-,10+/m0/s1. The number of carbonyl (C=O) groups excluding carboxylic acids is 1. The molecule has 1 heterocycles. The number of nitro benzene ring substituents is 1. The van der Waals surface area contributed by atoms with E-state index in [0.717, 1.165) is 5.56 Å². The van der Waals surface area contributed by atoms with Crippen LogP contribution in [0.3, 0.4) is 0 Å². The maximum absolute atomic E-state index is 11.3. The van der Waals surface area contributed by atoms with Gasteiger partial charge in [0.2, 0.25) is 0 Å². The highest BCUT2D eigenvalue weighted by atomic mass is 16.6. The van der Waals surface area contributed by atoms with E-state index in [1.165, 1.54) is 12.1 Å². The van der Waals surface area contributed by atoms with Crippen molar-refractivity contribution in [2.45, 2.75) is 19.1 Å². The van der Waals surface area contributed by atoms with Gasteiger partial charge in [-0.3, -0.25) is 10.1 Å². The third kappa shape index (κ3) is 2.42. The van der Waals surface area contributed by atoms with Gasteiger partial charge >= 0.3 is 5.97 Å². The fourth-order valence-corrected chi connectivity index (χ4v) is 1.56. The Morgan fingerprint density at radius 2 is 2.12 bits per heavy atom. The number of hydrogen-bond acceptors (Lipinski definition) is 5. The second-order valence-electron chi connectivity index (χ2n) is 3.58. The van der Waals surface area contributed by atoms with Gasteiger partial charge in [-0.15, -0.1) is 0 Å². The summed E-state index contributed by atoms with van der Waals surface area (Å²) in [6.45, 7) is 2.03. The van der Waals surface area contributed by atoms with Gasteiger partial charge in [0.1, 0.15) is 6.10 Å². The average Bonchev–Trinajstić information content (AvgIpc) is 3.09. The lowest BCUT2D eigenvalue weighted by Crippen LogP contribution is -2.11. The summed E-state index contributed by atoms with van der Waals surface area (Å²) < 4.78 is 9.98. The van der Waals surface area contributed by atoms with Crippen molar-refractivity contribution < 1.29 is 19.2 Å². The maximum atomic E-state index is 11.3. The van der Waals surface area contributed by atoms with E-state index in [2.05, 4.69) is 0 Å². The molecular weight excluding hydrogens is 226 g/mol. The Labute approximate surface area is 97.3 Å². The molecule has 0 saturated carbocycles. The lowest BCUT2D eigenvalue weighted by Gasteiger charge is -1.97. The smallest absolute Gasteiger partial charge is 0.338 e. The third-order valence-electron chi connectivity index (χ3n) is 2.44. The molecular formula is C11H11NO5. The Kier molecular flexibility index (Phi) is 3.06. The lowest BCUT2D eigenvalue weighted by atomic mass is 10.1. The summed E-state index contributed by atoms with van der Waals surface area (Å²) >= 11 is 0. The molecule has 90 valence electrons. The fraction of sp³-hybridized carbons (Fsp3) is 0.364. The minimum absolute atomic E-state index is 0.0158. The van der Waals surface area contributed by atoms with Gasteiger partial charge in [-0.25, -0.2) is 4.79 Å². The first kappa shape index (κ1) is 11.5. The van der Waals surface area contributed by atoms with Gasteiger partial charge in [0, 0.05) is 12.1 Å². The number of epoxide rings is 1. The summed E-state index contributed by atoms with van der Waals surface area (Å²) in [6, 6.07) is 5.95. The van der Waals surface area contributed by atoms with Gasteiger partial charge in [0.25, 0.3) is 5.69 Å². The largest absolute Gasteiger partial charge is 0.464 e. The van der Waals surface area contributed by atoms with Crippen molar-refractivity contribution in [3.05, 3.63) is 39.9 Å². The molecule has 6 heteroatoms. The van der Waals surface area contributed by atoms with E-state index < -0.39 is 17.0 Å². The molecule has 1 aliphatic heterocycles. The normalized spacial score (nSPS) is 21.9. The number of rotatable bonds is 4. The van der Waals surface area contributed by atoms with E-state index in [4.69, 9.17) is 9.47 Å². The van der Waals surface area contributed by atoms with Gasteiger partial charge in [-0.05, 0) is 24.6 Å². The molecule has 1 aromatic carbocycles. The summed E-state index contributed by atoms with van der Waals surface area (Å²) in [5.74, 6) is -0.393. The van der Waals surface area contributed by atoms with Gasteiger partial charge < -0.3 is 9.47 Å². The Hall–Kier alpha value is -1.95. The zero-order valence-electron chi connectivity index (χ0n) is 9.16. The van der Waals surface area contributed by atoms with Crippen molar-refractivity contribution in [3.63, 3.8) is 0 Å². The van der Waals surface area contributed by atoms with Crippen molar-refractivity contribution in [1.82, 2.24) is 0 Å². The molecule has 1 fully saturated rings. The van der Waals surface area contributed by atoms with Crippen LogP contribution in [0.2, 0.25) is 0 Å². The van der Waals surface area contributed by atoms with Crippen LogP contribution in [0.25, 0.3) is 0 Å². The number of hydrogen-bond donors (Lipinski definition) is 0. The zero-order valence-corrected chi connectivity index (χ0v) is 9.16. The van der Waals surface area contributed by atoms with E-state index in [1.807, 2.05) is 0 Å². The van der Waals surface area contributed by atoms with Gasteiger partial charge in [0.05, 0.1) is 11.5 Å². The molecule has 0 unspecified atom stereocenters. The Bertz CT molecular complexity index is 442. The summed E-state index contributed by atoms with van der Waals surface area (Å²) in [5, 5.41) is 10.5. The second-order valence-corrected chi connectivity index (χ2v) is 3.58. The third-order valence-corrected chi connectivity index (χ3v) is 2.44. The number of nitro groups is 1. The minimum Gasteiger partial charge on any atom is -0.464 e. The molecule has 0 bridgehead atoms. The van der Waals surface area contributed by atoms with Gasteiger partial charge in [-0.1, -0.05) is 0 Å². The average molecular weight is 237 g/mol. The Balaban J connectivity index is 2.01. The van der Waals surface area contributed by atoms with E-state index in [9.17, 15) is 14.9 Å². The van der Waals surface area contributed by atoms with Crippen LogP contribution in [0.5, 0.6) is 0 Å². The van der Waals surface area contributed by atoms with Crippen LogP contribution in [0, 0.1) is 10.1 Å². The minimum atomic E-state index is -0.573. The number of ether oxygens (including phenoxy) is 2. The first-order valence-electron chi connectivity index (χ1n) is 5.20. The number of non-ortho nitro benzene ring substituents is 1. The molecule has 6 nitrogen and oxygen atoms in total. The van der Waals surface area contributed by atoms with E-state index >= 15 is 0 Å². The van der Waals surface area contributed by atoms with Crippen molar-refractivity contribution in [2.75, 3.05) is 6.61 Å². The SMILES string of the molecule is CCOC(=O)[C@@H]1O[C@H]1c1ccc([N+](=O)[O-])cc1. The van der Waals surface area contributed by atoms with Crippen molar-refractivity contribution in [2.24, 2.45) is 0 Å². The predicted molar refractivity (Wildman–Crippen MR) is 57.3 cm³/mol. The van der Waals surface area contributed by atoms with Crippen LogP contribution in [0.1, 0.15) is 18.6 Å². The van der Waals surface area contributed by atoms with Crippen LogP contribution in [0.15, 0.2) is 24.3 Å². The lowest BCUT2D eigenvalue weighted by molar-refractivity contribution is -0.384. The molecule has 0 aliphatic carbocycles. The topological polar surface area (TPSA) is 82.0 Å². The molecule has 0 radical (unpaired) electrons. The Morgan fingerprint density at radius 3 is 2.65 bits per heavy atom. The summed E-state index contributed by atoms with van der Waals surface area (Å²) in [5.41, 5.74) is 0.760. The molecule has 0 aromatic heterocycles. The second kappa shape index (κ2) is 4.50. The van der Waals surface area contributed by atoms with Crippen molar-refractivity contribution in [1.29, 1.82) is 0 Å². The first-order chi connectivity index (χ1) is 8.13. The molecule has 0 amide bonds. The molecule has 1 aliphatic rings. The maximum Gasteiger partial charge on any atom is 0.338 e. The summed E-state index contributed by atoms with van der Waals surface area (Å²) in [7, 11) is 0. The van der Waals surface area contributed by atoms with Gasteiger partial charge in [0.15, 0.2) is 6.10 Å². The van der Waals surface area contributed by atoms with Crippen LogP contribution >= 0.6 is 0 Å². The Morgan fingerprint density at radius 1 is 1.47 bits per heavy atom. The van der Waals surface area contributed by atoms with Crippen LogP contribution in [0.4, 0.5) is 5.69 Å². The monoisotopic (exact) mass is 237 g/mol. The fourth-order valence-electron chi connectivity index (χ4n) is 1.56. The molecule has 0 spiro atoms. The van der Waals surface area contributed by atoms with Gasteiger partial charge in [-0.2, -0.15) is 0 Å².